The Labute approximate surface area is 196 Å². The number of benzene rings is 3. The number of carbonyl (C=O) groups is 2. The maximum atomic E-state index is 13.2. The molecule has 8 heteroatoms. The average molecular weight is 460 g/mol. The molecule has 8 nitrogen and oxygen atoms in total. The summed E-state index contributed by atoms with van der Waals surface area (Å²) < 4.78 is 22.1. The molecule has 0 aliphatic heterocycles. The lowest BCUT2D eigenvalue weighted by Crippen LogP contribution is -2.30. The van der Waals surface area contributed by atoms with Crippen molar-refractivity contribution in [3.8, 4) is 17.2 Å². The number of para-hydroxylation sites is 2. The fourth-order valence-electron chi connectivity index (χ4n) is 3.39. The smallest absolute Gasteiger partial charge is 0.293 e. The Kier molecular flexibility index (Phi) is 6.68. The van der Waals surface area contributed by atoms with Crippen molar-refractivity contribution < 1.29 is 28.2 Å². The van der Waals surface area contributed by atoms with Gasteiger partial charge in [-0.3, -0.25) is 9.59 Å². The Balaban J connectivity index is 1.61. The Bertz CT molecular complexity index is 1320. The number of furan rings is 1. The van der Waals surface area contributed by atoms with Gasteiger partial charge in [0.2, 0.25) is 5.76 Å². The van der Waals surface area contributed by atoms with E-state index in [4.69, 9.17) is 18.6 Å². The second-order valence-corrected chi connectivity index (χ2v) is 7.39. The number of hydrogen-bond acceptors (Lipinski definition) is 6. The van der Waals surface area contributed by atoms with Crippen LogP contribution < -0.4 is 24.8 Å². The van der Waals surface area contributed by atoms with Crippen molar-refractivity contribution >= 4 is 34.2 Å². The first kappa shape index (κ1) is 22.7. The molecule has 0 spiro atoms. The van der Waals surface area contributed by atoms with Crippen LogP contribution in [0.3, 0.4) is 0 Å². The molecule has 1 atom stereocenters. The molecule has 1 heterocycles. The van der Waals surface area contributed by atoms with Crippen molar-refractivity contribution in [3.05, 3.63) is 78.6 Å². The summed E-state index contributed by atoms with van der Waals surface area (Å²) in [6.07, 6.45) is -0.811. The van der Waals surface area contributed by atoms with Crippen LogP contribution in [0.5, 0.6) is 17.2 Å². The minimum atomic E-state index is -0.811. The largest absolute Gasteiger partial charge is 0.497 e. The molecule has 174 valence electrons. The fourth-order valence-corrected chi connectivity index (χ4v) is 3.39. The van der Waals surface area contributed by atoms with Crippen LogP contribution in [0.15, 0.2) is 77.2 Å². The summed E-state index contributed by atoms with van der Waals surface area (Å²) in [5.74, 6) is 0.544. The van der Waals surface area contributed by atoms with E-state index in [1.165, 1.54) is 7.11 Å². The second-order valence-electron chi connectivity index (χ2n) is 7.39. The predicted octanol–water partition coefficient (Wildman–Crippen LogP) is 5.11. The van der Waals surface area contributed by atoms with Crippen molar-refractivity contribution in [3.63, 3.8) is 0 Å². The lowest BCUT2D eigenvalue weighted by molar-refractivity contribution is -0.122. The molecule has 0 saturated carbocycles. The molecule has 0 fully saturated rings. The highest BCUT2D eigenvalue weighted by Crippen LogP contribution is 2.34. The number of ether oxygens (including phenoxy) is 3. The molecule has 0 saturated heterocycles. The quantitative estimate of drug-likeness (QED) is 0.379. The molecule has 2 N–H and O–H groups in total. The number of methoxy groups -OCH3 is 2. The maximum Gasteiger partial charge on any atom is 0.293 e. The molecule has 3 aromatic carbocycles. The number of nitrogens with one attached hydrogen (secondary N) is 2. The van der Waals surface area contributed by atoms with Gasteiger partial charge in [0.15, 0.2) is 6.10 Å². The van der Waals surface area contributed by atoms with Gasteiger partial charge in [0.1, 0.15) is 28.5 Å². The van der Waals surface area contributed by atoms with E-state index in [0.717, 1.165) is 0 Å². The average Bonchev–Trinajstić information content (AvgIpc) is 3.23. The van der Waals surface area contributed by atoms with E-state index in [9.17, 15) is 9.59 Å². The van der Waals surface area contributed by atoms with Gasteiger partial charge in [-0.25, -0.2) is 0 Å². The van der Waals surface area contributed by atoms with Crippen LogP contribution in [0.2, 0.25) is 0 Å². The van der Waals surface area contributed by atoms with E-state index in [2.05, 4.69) is 10.6 Å². The zero-order valence-electron chi connectivity index (χ0n) is 19.0. The number of amides is 2. The summed E-state index contributed by atoms with van der Waals surface area (Å²) in [6.45, 7) is 1.63. The third-order valence-electron chi connectivity index (χ3n) is 5.13. The highest BCUT2D eigenvalue weighted by atomic mass is 16.5. The normalized spacial score (nSPS) is 11.5. The predicted molar refractivity (Wildman–Crippen MR) is 129 cm³/mol. The molecule has 4 rings (SSSR count). The highest BCUT2D eigenvalue weighted by molar-refractivity contribution is 6.15. The van der Waals surface area contributed by atoms with Crippen LogP contribution in [0.1, 0.15) is 17.5 Å². The van der Waals surface area contributed by atoms with Gasteiger partial charge < -0.3 is 29.3 Å². The van der Waals surface area contributed by atoms with E-state index in [0.29, 0.717) is 33.9 Å². The molecule has 2 amide bonds. The van der Waals surface area contributed by atoms with Crippen molar-refractivity contribution in [2.75, 3.05) is 24.9 Å². The molecule has 0 aliphatic rings. The molecule has 0 aliphatic carbocycles. The van der Waals surface area contributed by atoms with Crippen molar-refractivity contribution in [2.24, 2.45) is 0 Å². The highest BCUT2D eigenvalue weighted by Gasteiger charge is 2.25. The van der Waals surface area contributed by atoms with E-state index in [1.54, 1.807) is 68.6 Å². The third-order valence-corrected chi connectivity index (χ3v) is 5.13. The topological polar surface area (TPSA) is 99.0 Å². The monoisotopic (exact) mass is 460 g/mol. The first-order valence-corrected chi connectivity index (χ1v) is 10.6. The summed E-state index contributed by atoms with van der Waals surface area (Å²) in [5.41, 5.74) is 1.14. The van der Waals surface area contributed by atoms with Crippen LogP contribution >= 0.6 is 0 Å². The summed E-state index contributed by atoms with van der Waals surface area (Å²) in [4.78, 5) is 26.1. The van der Waals surface area contributed by atoms with Crippen molar-refractivity contribution in [2.45, 2.75) is 13.0 Å². The fraction of sp³-hybridized carbons (Fsp3) is 0.154. The maximum absolute atomic E-state index is 13.2. The second kappa shape index (κ2) is 9.99. The van der Waals surface area contributed by atoms with E-state index in [-0.39, 0.29) is 11.4 Å². The molecule has 0 radical (unpaired) electrons. The van der Waals surface area contributed by atoms with Crippen molar-refractivity contribution in [1.29, 1.82) is 0 Å². The van der Waals surface area contributed by atoms with E-state index in [1.807, 2.05) is 18.2 Å². The number of hydrogen-bond donors (Lipinski definition) is 2. The molecule has 1 unspecified atom stereocenters. The van der Waals surface area contributed by atoms with Crippen LogP contribution in [0.25, 0.3) is 11.0 Å². The van der Waals surface area contributed by atoms with Crippen molar-refractivity contribution in [1.82, 2.24) is 0 Å². The number of fused-ring (bicyclic) bond motifs is 1. The molecular weight excluding hydrogens is 436 g/mol. The summed E-state index contributed by atoms with van der Waals surface area (Å²) >= 11 is 0. The molecule has 4 aromatic rings. The molecular formula is C26H24N2O6. The Hall–Kier alpha value is -4.46. The lowest BCUT2D eigenvalue weighted by atomic mass is 10.2. The van der Waals surface area contributed by atoms with Gasteiger partial charge in [0.25, 0.3) is 11.8 Å². The standard InChI is InChI=1S/C26H24N2O6/c1-16(33-17-9-5-4-6-10-17)25(29)28-23-19-11-7-8-12-21(19)34-24(23)26(30)27-20-14-13-18(31-2)15-22(20)32-3/h4-16H,1-3H3,(H,27,30)(H,28,29). The van der Waals surface area contributed by atoms with Gasteiger partial charge in [-0.2, -0.15) is 0 Å². The van der Waals surface area contributed by atoms with Crippen LogP contribution in [-0.4, -0.2) is 32.1 Å². The third kappa shape index (κ3) is 4.80. The summed E-state index contributed by atoms with van der Waals surface area (Å²) in [6, 6.07) is 21.1. The van der Waals surface area contributed by atoms with Gasteiger partial charge in [-0.15, -0.1) is 0 Å². The first-order chi connectivity index (χ1) is 16.5. The van der Waals surface area contributed by atoms with E-state index < -0.39 is 17.9 Å². The minimum Gasteiger partial charge on any atom is -0.497 e. The first-order valence-electron chi connectivity index (χ1n) is 10.6. The Morgan fingerprint density at radius 2 is 1.59 bits per heavy atom. The van der Waals surface area contributed by atoms with Crippen LogP contribution in [-0.2, 0) is 4.79 Å². The molecule has 34 heavy (non-hydrogen) atoms. The number of carbonyl (C=O) groups excluding carboxylic acids is 2. The Morgan fingerprint density at radius 3 is 2.32 bits per heavy atom. The van der Waals surface area contributed by atoms with Crippen LogP contribution in [0, 0.1) is 0 Å². The van der Waals surface area contributed by atoms with Crippen LogP contribution in [0.4, 0.5) is 11.4 Å². The van der Waals surface area contributed by atoms with Gasteiger partial charge >= 0.3 is 0 Å². The van der Waals surface area contributed by atoms with Gasteiger partial charge in [0.05, 0.1) is 19.9 Å². The van der Waals surface area contributed by atoms with Gasteiger partial charge in [-0.05, 0) is 43.3 Å². The minimum absolute atomic E-state index is 0.0423. The Morgan fingerprint density at radius 1 is 0.853 bits per heavy atom. The number of rotatable bonds is 8. The van der Waals surface area contributed by atoms with E-state index >= 15 is 0 Å². The lowest BCUT2D eigenvalue weighted by Gasteiger charge is -2.15. The summed E-state index contributed by atoms with van der Waals surface area (Å²) in [7, 11) is 3.03. The SMILES string of the molecule is COc1ccc(NC(=O)c2oc3ccccc3c2NC(=O)C(C)Oc2ccccc2)c(OC)c1. The summed E-state index contributed by atoms with van der Waals surface area (Å²) in [5, 5.41) is 6.17. The molecule has 0 bridgehead atoms. The van der Waals surface area contributed by atoms with Gasteiger partial charge in [-0.1, -0.05) is 30.3 Å². The van der Waals surface area contributed by atoms with Gasteiger partial charge in [0, 0.05) is 11.5 Å². The molecule has 1 aromatic heterocycles. The zero-order valence-corrected chi connectivity index (χ0v) is 19.0. The zero-order chi connectivity index (χ0) is 24.1. The number of anilines is 2.